The molecule has 2 fully saturated rings. The molecule has 2 aromatic carbocycles. The van der Waals surface area contributed by atoms with Gasteiger partial charge in [0.25, 0.3) is 0 Å². The third-order valence-electron chi connectivity index (χ3n) is 7.79. The first kappa shape index (κ1) is 35.4. The van der Waals surface area contributed by atoms with Gasteiger partial charge in [0.15, 0.2) is 4.34 Å². The number of amides is 3. The van der Waals surface area contributed by atoms with Gasteiger partial charge in [-0.05, 0) is 63.4 Å². The van der Waals surface area contributed by atoms with Crippen molar-refractivity contribution in [1.82, 2.24) is 20.1 Å². The maximum Gasteiger partial charge on any atom is 0.411 e. The third-order valence-corrected chi connectivity index (χ3v) is 10.5. The Kier molecular flexibility index (Phi) is 11.7. The summed E-state index contributed by atoms with van der Waals surface area (Å²) in [6, 6.07) is 12.3. The number of nitrogens with one attached hydrogen (secondary N) is 2. The van der Waals surface area contributed by atoms with E-state index >= 15 is 0 Å². The molecule has 0 aliphatic carbocycles. The van der Waals surface area contributed by atoms with Crippen LogP contribution in [0.2, 0.25) is 10.0 Å². The molecule has 10 nitrogen and oxygen atoms in total. The zero-order valence-electron chi connectivity index (χ0n) is 26.5. The zero-order valence-corrected chi connectivity index (χ0v) is 29.6. The normalized spacial score (nSPS) is 19.1. The Balaban J connectivity index is 1.08. The number of β-amino-alcohol motifs (C(OH)–C–C–N with tert-alkyl or cyclic N) is 1. The fourth-order valence-electron chi connectivity index (χ4n) is 5.55. The monoisotopic (exact) mass is 719 g/mol. The van der Waals surface area contributed by atoms with Gasteiger partial charge in [0.05, 0.1) is 34.1 Å². The molecule has 2 saturated heterocycles. The quantitative estimate of drug-likeness (QED) is 0.220. The van der Waals surface area contributed by atoms with Crippen LogP contribution in [0.3, 0.4) is 0 Å². The van der Waals surface area contributed by atoms with Gasteiger partial charge in [0.1, 0.15) is 11.6 Å². The van der Waals surface area contributed by atoms with Crippen LogP contribution in [0.5, 0.6) is 0 Å². The predicted molar refractivity (Wildman–Crippen MR) is 187 cm³/mol. The summed E-state index contributed by atoms with van der Waals surface area (Å²) in [5, 5.41) is 19.3. The standard InChI is InChI=1S/C33H39Cl2N5O5S2/c1-33(2,3)45-32(44)40-17-24(41)15-28(40)30(43)37-23-6-4-5-21(14-23)27-18-46-31(38-27)47-19-29(42)36-22-9-11-39(12-10-22)16-20-7-8-25(34)26(35)13-20/h4-8,13-14,18,22,24,28,41H,9-12,15-17,19H2,1-3H3,(H,36,42)(H,37,43). The summed E-state index contributed by atoms with van der Waals surface area (Å²) in [5.74, 6) is -0.146. The number of carbonyl (C=O) groups excluding carboxylic acids is 3. The molecule has 2 unspecified atom stereocenters. The summed E-state index contributed by atoms with van der Waals surface area (Å²) in [6.07, 6.45) is 0.450. The smallest absolute Gasteiger partial charge is 0.411 e. The summed E-state index contributed by atoms with van der Waals surface area (Å²) >= 11 is 15.0. The van der Waals surface area contributed by atoms with E-state index in [9.17, 15) is 19.5 Å². The van der Waals surface area contributed by atoms with Crippen LogP contribution in [0.25, 0.3) is 11.3 Å². The molecule has 2 atom stereocenters. The van der Waals surface area contributed by atoms with Crippen LogP contribution in [0, 0.1) is 0 Å². The molecule has 5 rings (SSSR count). The number of aliphatic hydroxyl groups excluding tert-OH is 1. The van der Waals surface area contributed by atoms with Gasteiger partial charge in [0, 0.05) is 48.7 Å². The number of ether oxygens (including phenoxy) is 1. The molecule has 2 aliphatic rings. The van der Waals surface area contributed by atoms with Gasteiger partial charge < -0.3 is 20.5 Å². The van der Waals surface area contributed by atoms with E-state index in [0.717, 1.165) is 53.6 Å². The van der Waals surface area contributed by atoms with E-state index in [2.05, 4.69) is 15.5 Å². The largest absolute Gasteiger partial charge is 0.444 e. The van der Waals surface area contributed by atoms with Crippen LogP contribution in [0.1, 0.15) is 45.6 Å². The number of likely N-dealkylation sites (tertiary alicyclic amines) is 2. The highest BCUT2D eigenvalue weighted by atomic mass is 35.5. The minimum atomic E-state index is -0.849. The van der Waals surface area contributed by atoms with Crippen molar-refractivity contribution in [2.24, 2.45) is 0 Å². The number of piperidine rings is 1. The Morgan fingerprint density at radius 2 is 1.87 bits per heavy atom. The average Bonchev–Trinajstić information content (AvgIpc) is 3.65. The summed E-state index contributed by atoms with van der Waals surface area (Å²) in [7, 11) is 0. The van der Waals surface area contributed by atoms with Crippen molar-refractivity contribution in [2.45, 2.75) is 74.7 Å². The highest BCUT2D eigenvalue weighted by molar-refractivity contribution is 8.01. The van der Waals surface area contributed by atoms with Gasteiger partial charge in [-0.25, -0.2) is 9.78 Å². The van der Waals surface area contributed by atoms with E-state index in [4.69, 9.17) is 32.9 Å². The van der Waals surface area contributed by atoms with Gasteiger partial charge in [-0.3, -0.25) is 19.4 Å². The number of carbonyl (C=O) groups is 3. The van der Waals surface area contributed by atoms with Crippen LogP contribution >= 0.6 is 46.3 Å². The van der Waals surface area contributed by atoms with E-state index < -0.39 is 29.7 Å². The Morgan fingerprint density at radius 1 is 1.11 bits per heavy atom. The number of aliphatic hydroxyl groups is 1. The Hall–Kier alpha value is -2.87. The molecule has 3 heterocycles. The Bertz CT molecular complexity index is 1590. The molecule has 47 heavy (non-hydrogen) atoms. The van der Waals surface area contributed by atoms with E-state index in [1.807, 2.05) is 41.8 Å². The number of anilines is 1. The lowest BCUT2D eigenvalue weighted by atomic mass is 10.0. The van der Waals surface area contributed by atoms with Crippen molar-refractivity contribution < 1.29 is 24.2 Å². The van der Waals surface area contributed by atoms with E-state index in [-0.39, 0.29) is 30.7 Å². The molecular weight excluding hydrogens is 681 g/mol. The molecule has 0 radical (unpaired) electrons. The zero-order chi connectivity index (χ0) is 33.7. The third kappa shape index (κ3) is 10.1. The van der Waals surface area contributed by atoms with Gasteiger partial charge in [-0.2, -0.15) is 0 Å². The lowest BCUT2D eigenvalue weighted by molar-refractivity contribution is -0.120. The van der Waals surface area contributed by atoms with Crippen LogP contribution in [0.4, 0.5) is 10.5 Å². The molecule has 3 amide bonds. The molecular formula is C33H39Cl2N5O5S2. The number of hydrogen-bond donors (Lipinski definition) is 3. The summed E-state index contributed by atoms with van der Waals surface area (Å²) < 4.78 is 6.21. The van der Waals surface area contributed by atoms with E-state index in [1.54, 1.807) is 26.8 Å². The summed E-state index contributed by atoms with van der Waals surface area (Å²) in [6.45, 7) is 7.86. The van der Waals surface area contributed by atoms with Gasteiger partial charge in [0.2, 0.25) is 11.8 Å². The molecule has 3 N–H and O–H groups in total. The fourth-order valence-corrected chi connectivity index (χ4v) is 7.52. The van der Waals surface area contributed by atoms with Crippen LogP contribution < -0.4 is 10.6 Å². The van der Waals surface area contributed by atoms with Crippen LogP contribution in [-0.2, 0) is 20.9 Å². The predicted octanol–water partition coefficient (Wildman–Crippen LogP) is 6.30. The SMILES string of the molecule is CC(C)(C)OC(=O)N1CC(O)CC1C(=O)Nc1cccc(-c2csc(SCC(=O)NC3CCN(Cc4ccc(Cl)c(Cl)c4)CC3)n2)c1. The summed E-state index contributed by atoms with van der Waals surface area (Å²) in [4.78, 5) is 46.9. The second-order valence-electron chi connectivity index (χ2n) is 12.8. The van der Waals surface area contributed by atoms with E-state index in [0.29, 0.717) is 15.7 Å². The number of hydrogen-bond acceptors (Lipinski definition) is 9. The topological polar surface area (TPSA) is 124 Å². The lowest BCUT2D eigenvalue weighted by Gasteiger charge is -2.32. The Morgan fingerprint density at radius 3 is 2.60 bits per heavy atom. The van der Waals surface area contributed by atoms with Crippen LogP contribution in [-0.4, -0.2) is 87.0 Å². The molecule has 14 heteroatoms. The number of halogens is 2. The maximum absolute atomic E-state index is 13.2. The highest BCUT2D eigenvalue weighted by Crippen LogP contribution is 2.30. The van der Waals surface area contributed by atoms with Gasteiger partial charge >= 0.3 is 6.09 Å². The first-order valence-electron chi connectivity index (χ1n) is 15.5. The molecule has 2 aliphatic heterocycles. The van der Waals surface area contributed by atoms with Crippen molar-refractivity contribution >= 4 is 69.9 Å². The minimum Gasteiger partial charge on any atom is -0.444 e. The molecule has 0 bridgehead atoms. The maximum atomic E-state index is 13.2. The van der Waals surface area contributed by atoms with Crippen molar-refractivity contribution in [1.29, 1.82) is 0 Å². The number of nitrogens with zero attached hydrogens (tertiary/aromatic N) is 3. The van der Waals surface area contributed by atoms with Crippen molar-refractivity contribution in [3.05, 3.63) is 63.5 Å². The summed E-state index contributed by atoms with van der Waals surface area (Å²) in [5.41, 5.74) is 2.48. The molecule has 0 saturated carbocycles. The van der Waals surface area contributed by atoms with Crippen molar-refractivity contribution in [3.8, 4) is 11.3 Å². The second-order valence-corrected chi connectivity index (χ2v) is 15.7. The number of rotatable bonds is 9. The second kappa shape index (κ2) is 15.6. The van der Waals surface area contributed by atoms with E-state index in [1.165, 1.54) is 28.0 Å². The lowest BCUT2D eigenvalue weighted by Crippen LogP contribution is -2.45. The number of thiazole rings is 1. The molecule has 3 aromatic rings. The van der Waals surface area contributed by atoms with Crippen molar-refractivity contribution in [2.75, 3.05) is 30.7 Å². The van der Waals surface area contributed by atoms with Crippen LogP contribution in [0.15, 0.2) is 52.2 Å². The fraction of sp³-hybridized carbons (Fsp3) is 0.455. The van der Waals surface area contributed by atoms with Gasteiger partial charge in [-0.15, -0.1) is 11.3 Å². The number of benzene rings is 2. The minimum absolute atomic E-state index is 0.0168. The molecule has 252 valence electrons. The Labute approximate surface area is 293 Å². The first-order chi connectivity index (χ1) is 22.3. The average molecular weight is 721 g/mol. The number of aromatic nitrogens is 1. The highest BCUT2D eigenvalue weighted by Gasteiger charge is 2.41. The van der Waals surface area contributed by atoms with Crippen molar-refractivity contribution in [3.63, 3.8) is 0 Å². The first-order valence-corrected chi connectivity index (χ1v) is 18.1. The number of thioether (sulfide) groups is 1. The molecule has 0 spiro atoms. The molecule has 1 aromatic heterocycles. The van der Waals surface area contributed by atoms with Gasteiger partial charge in [-0.1, -0.05) is 53.2 Å².